The lowest BCUT2D eigenvalue weighted by molar-refractivity contribution is 0.384. The molecule has 1 aromatic carbocycles. The predicted molar refractivity (Wildman–Crippen MR) is 110 cm³/mol. The van der Waals surface area contributed by atoms with Gasteiger partial charge in [-0.05, 0) is 31.5 Å². The number of rotatable bonds is 9. The highest BCUT2D eigenvalue weighted by atomic mass is 32.2. The monoisotopic (exact) mass is 409 g/mol. The summed E-state index contributed by atoms with van der Waals surface area (Å²) >= 11 is 1.53. The maximum atomic E-state index is 5.55. The molecule has 0 atom stereocenters. The molecule has 29 heavy (non-hydrogen) atoms. The van der Waals surface area contributed by atoms with Gasteiger partial charge in [-0.1, -0.05) is 54.0 Å². The maximum absolute atomic E-state index is 5.55. The normalized spacial score (nSPS) is 11.2. The summed E-state index contributed by atoms with van der Waals surface area (Å²) < 4.78 is 13.0. The van der Waals surface area contributed by atoms with Gasteiger partial charge in [0.25, 0.3) is 0 Å². The molecule has 0 aliphatic rings. The largest absolute Gasteiger partial charge is 0.467 e. The molecule has 0 spiro atoms. The third kappa shape index (κ3) is 4.76. The van der Waals surface area contributed by atoms with Crippen LogP contribution in [0.3, 0.4) is 0 Å². The van der Waals surface area contributed by atoms with Crippen molar-refractivity contribution in [1.29, 1.82) is 0 Å². The summed E-state index contributed by atoms with van der Waals surface area (Å²) in [5, 5.41) is 13.7. The van der Waals surface area contributed by atoms with Crippen molar-refractivity contribution >= 4 is 11.8 Å². The molecule has 0 bridgehead atoms. The van der Waals surface area contributed by atoms with E-state index in [0.29, 0.717) is 18.2 Å². The Morgan fingerprint density at radius 3 is 2.86 bits per heavy atom. The van der Waals surface area contributed by atoms with Gasteiger partial charge < -0.3 is 8.94 Å². The molecule has 8 heteroatoms. The minimum absolute atomic E-state index is 0.545. The quantitative estimate of drug-likeness (QED) is 0.363. The molecule has 0 aliphatic heterocycles. The highest BCUT2D eigenvalue weighted by molar-refractivity contribution is 7.98. The molecule has 150 valence electrons. The molecule has 0 N–H and O–H groups in total. The average molecular weight is 410 g/mol. The molecule has 3 heterocycles. The van der Waals surface area contributed by atoms with Crippen LogP contribution in [0, 0.1) is 6.92 Å². The molecule has 4 rings (SSSR count). The zero-order chi connectivity index (χ0) is 20.1. The molecule has 0 radical (unpaired) electrons. The van der Waals surface area contributed by atoms with Gasteiger partial charge in [-0.3, -0.25) is 4.57 Å². The fourth-order valence-electron chi connectivity index (χ4n) is 3.01. The zero-order valence-electron chi connectivity index (χ0n) is 16.5. The van der Waals surface area contributed by atoms with Crippen LogP contribution in [0.25, 0.3) is 11.4 Å². The van der Waals surface area contributed by atoms with Crippen molar-refractivity contribution in [2.24, 2.45) is 0 Å². The van der Waals surface area contributed by atoms with Crippen LogP contribution in [0.1, 0.15) is 42.8 Å². The van der Waals surface area contributed by atoms with Gasteiger partial charge in [-0.2, -0.15) is 4.98 Å². The van der Waals surface area contributed by atoms with Crippen molar-refractivity contribution < 1.29 is 8.94 Å². The van der Waals surface area contributed by atoms with Crippen LogP contribution in [0.4, 0.5) is 0 Å². The first-order valence-electron chi connectivity index (χ1n) is 9.70. The minimum atomic E-state index is 0.545. The molecule has 0 saturated heterocycles. The van der Waals surface area contributed by atoms with Gasteiger partial charge in [0.1, 0.15) is 5.76 Å². The molecular weight excluding hydrogens is 386 g/mol. The Kier molecular flexibility index (Phi) is 6.09. The first-order valence-corrected chi connectivity index (χ1v) is 10.7. The summed E-state index contributed by atoms with van der Waals surface area (Å²) in [5.41, 5.74) is 2.20. The van der Waals surface area contributed by atoms with E-state index >= 15 is 0 Å². The molecule has 0 amide bonds. The van der Waals surface area contributed by atoms with E-state index in [0.717, 1.165) is 47.4 Å². The Labute approximate surface area is 173 Å². The summed E-state index contributed by atoms with van der Waals surface area (Å²) in [4.78, 5) is 4.47. The number of aromatic nitrogens is 5. The highest BCUT2D eigenvalue weighted by Gasteiger charge is 2.17. The first kappa shape index (κ1) is 19.4. The molecular formula is C21H23N5O2S. The SMILES string of the molecule is CCCCc1noc(CSc2nnc(-c3cccc(C)c3)n2Cc2ccco2)n1. The second kappa shape index (κ2) is 9.09. The van der Waals surface area contributed by atoms with Gasteiger partial charge in [-0.25, -0.2) is 0 Å². The van der Waals surface area contributed by atoms with Crippen molar-refractivity contribution in [3.8, 4) is 11.4 Å². The lowest BCUT2D eigenvalue weighted by atomic mass is 10.1. The highest BCUT2D eigenvalue weighted by Crippen LogP contribution is 2.27. The van der Waals surface area contributed by atoms with Crippen LogP contribution in [-0.4, -0.2) is 24.9 Å². The number of nitrogens with zero attached hydrogens (tertiary/aromatic N) is 5. The van der Waals surface area contributed by atoms with Crippen LogP contribution in [0.2, 0.25) is 0 Å². The summed E-state index contributed by atoms with van der Waals surface area (Å²) in [5.74, 6) is 3.57. The van der Waals surface area contributed by atoms with Gasteiger partial charge in [0.2, 0.25) is 5.89 Å². The van der Waals surface area contributed by atoms with Crippen LogP contribution in [0.5, 0.6) is 0 Å². The second-order valence-electron chi connectivity index (χ2n) is 6.84. The number of aryl methyl sites for hydroxylation is 2. The van der Waals surface area contributed by atoms with E-state index in [1.165, 1.54) is 17.3 Å². The summed E-state index contributed by atoms with van der Waals surface area (Å²) in [6, 6.07) is 12.1. The first-order chi connectivity index (χ1) is 14.2. The number of unbranched alkanes of at least 4 members (excludes halogenated alkanes) is 1. The van der Waals surface area contributed by atoms with Crippen molar-refractivity contribution in [3.05, 3.63) is 65.7 Å². The Morgan fingerprint density at radius 1 is 1.14 bits per heavy atom. The van der Waals surface area contributed by atoms with Gasteiger partial charge in [0.05, 0.1) is 18.6 Å². The van der Waals surface area contributed by atoms with Crippen molar-refractivity contribution in [2.75, 3.05) is 0 Å². The molecule has 0 aliphatic carbocycles. The number of benzene rings is 1. The van der Waals surface area contributed by atoms with Crippen LogP contribution < -0.4 is 0 Å². The minimum Gasteiger partial charge on any atom is -0.467 e. The fourth-order valence-corrected chi connectivity index (χ4v) is 3.78. The number of furan rings is 1. The summed E-state index contributed by atoms with van der Waals surface area (Å²) in [6.07, 6.45) is 4.69. The molecule has 0 fully saturated rings. The predicted octanol–water partition coefficient (Wildman–Crippen LogP) is 4.91. The third-order valence-electron chi connectivity index (χ3n) is 4.48. The topological polar surface area (TPSA) is 82.8 Å². The standard InChI is InChI=1S/C21H23N5O2S/c1-3-4-10-18-22-19(28-25-18)14-29-21-24-23-20(16-8-5-7-15(2)12-16)26(21)13-17-9-6-11-27-17/h5-9,11-12H,3-4,10,13-14H2,1-2H3. The van der Waals surface area contributed by atoms with E-state index in [4.69, 9.17) is 8.94 Å². The fraction of sp³-hybridized carbons (Fsp3) is 0.333. The Morgan fingerprint density at radius 2 is 2.07 bits per heavy atom. The van der Waals surface area contributed by atoms with Crippen LogP contribution in [0.15, 0.2) is 56.8 Å². The lowest BCUT2D eigenvalue weighted by Gasteiger charge is -2.08. The number of thioether (sulfide) groups is 1. The van der Waals surface area contributed by atoms with Crippen molar-refractivity contribution in [1.82, 2.24) is 24.9 Å². The number of hydrogen-bond donors (Lipinski definition) is 0. The van der Waals surface area contributed by atoms with Crippen LogP contribution in [-0.2, 0) is 18.7 Å². The lowest BCUT2D eigenvalue weighted by Crippen LogP contribution is -2.03. The second-order valence-corrected chi connectivity index (χ2v) is 7.78. The molecule has 7 nitrogen and oxygen atoms in total. The van der Waals surface area contributed by atoms with Gasteiger partial charge in [0.15, 0.2) is 16.8 Å². The Hall–Kier alpha value is -2.87. The number of hydrogen-bond acceptors (Lipinski definition) is 7. The average Bonchev–Trinajstić information content (AvgIpc) is 3.47. The van der Waals surface area contributed by atoms with Crippen molar-refractivity contribution in [2.45, 2.75) is 50.6 Å². The Balaban J connectivity index is 1.56. The van der Waals surface area contributed by atoms with Gasteiger partial charge in [-0.15, -0.1) is 10.2 Å². The Bertz CT molecular complexity index is 1050. The van der Waals surface area contributed by atoms with Crippen molar-refractivity contribution in [3.63, 3.8) is 0 Å². The van der Waals surface area contributed by atoms with Gasteiger partial charge in [0, 0.05) is 12.0 Å². The van der Waals surface area contributed by atoms with E-state index in [-0.39, 0.29) is 0 Å². The summed E-state index contributed by atoms with van der Waals surface area (Å²) in [7, 11) is 0. The zero-order valence-corrected chi connectivity index (χ0v) is 17.4. The van der Waals surface area contributed by atoms with Gasteiger partial charge >= 0.3 is 0 Å². The van der Waals surface area contributed by atoms with E-state index < -0.39 is 0 Å². The van der Waals surface area contributed by atoms with E-state index in [2.05, 4.69) is 50.9 Å². The third-order valence-corrected chi connectivity index (χ3v) is 5.43. The van der Waals surface area contributed by atoms with Crippen LogP contribution >= 0.6 is 11.8 Å². The van der Waals surface area contributed by atoms with E-state index in [1.807, 2.05) is 24.3 Å². The summed E-state index contributed by atoms with van der Waals surface area (Å²) in [6.45, 7) is 4.77. The van der Waals surface area contributed by atoms with E-state index in [1.54, 1.807) is 6.26 Å². The maximum Gasteiger partial charge on any atom is 0.237 e. The molecule has 4 aromatic rings. The van der Waals surface area contributed by atoms with E-state index in [9.17, 15) is 0 Å². The molecule has 0 unspecified atom stereocenters. The molecule has 3 aromatic heterocycles. The molecule has 0 saturated carbocycles. The smallest absolute Gasteiger partial charge is 0.237 e.